The third-order valence-corrected chi connectivity index (χ3v) is 9.67. The van der Waals surface area contributed by atoms with Crippen molar-refractivity contribution < 1.29 is 18.7 Å². The first-order valence-corrected chi connectivity index (χ1v) is 15.1. The lowest BCUT2D eigenvalue weighted by atomic mass is 9.66. The van der Waals surface area contributed by atoms with Gasteiger partial charge in [-0.05, 0) is 57.3 Å². The van der Waals surface area contributed by atoms with Crippen molar-refractivity contribution in [1.82, 2.24) is 19.8 Å². The first-order valence-electron chi connectivity index (χ1n) is 15.1. The number of likely N-dealkylation sites (N-methyl/N-ethyl adjacent to an activating group) is 1. The maximum absolute atomic E-state index is 14.5. The van der Waals surface area contributed by atoms with Crippen molar-refractivity contribution in [1.29, 1.82) is 5.26 Å². The molecule has 1 aromatic heterocycles. The smallest absolute Gasteiger partial charge is 0.319 e. The highest BCUT2D eigenvalue weighted by molar-refractivity contribution is 6.03. The third-order valence-electron chi connectivity index (χ3n) is 9.67. The highest BCUT2D eigenvalue weighted by Crippen LogP contribution is 2.46. The van der Waals surface area contributed by atoms with Crippen molar-refractivity contribution >= 4 is 23.2 Å². The quantitative estimate of drug-likeness (QED) is 0.471. The lowest BCUT2D eigenvalue weighted by Crippen LogP contribution is -2.56. The predicted molar refractivity (Wildman–Crippen MR) is 160 cm³/mol. The van der Waals surface area contributed by atoms with E-state index >= 15 is 0 Å². The van der Waals surface area contributed by atoms with Crippen molar-refractivity contribution in [2.75, 3.05) is 63.2 Å². The topological polar surface area (TPSA) is 106 Å². The van der Waals surface area contributed by atoms with E-state index in [9.17, 15) is 19.2 Å². The van der Waals surface area contributed by atoms with E-state index in [4.69, 9.17) is 14.7 Å². The SMILES string of the molecule is C=C(F)C(=O)N1CCN(c2nc(OCC3CCCN3C)nc3c2CCC2(Cc4ccccc4N(C)C2)C3=O)CC1CC#N. The van der Waals surface area contributed by atoms with Crippen molar-refractivity contribution in [2.24, 2.45) is 5.41 Å². The van der Waals surface area contributed by atoms with Crippen LogP contribution in [0.3, 0.4) is 0 Å². The maximum Gasteiger partial charge on any atom is 0.319 e. The van der Waals surface area contributed by atoms with Gasteiger partial charge in [-0.25, -0.2) is 4.39 Å². The number of hydrogen-bond acceptors (Lipinski definition) is 9. The Bertz CT molecular complexity index is 1490. The summed E-state index contributed by atoms with van der Waals surface area (Å²) >= 11 is 0. The van der Waals surface area contributed by atoms with Gasteiger partial charge in [0.25, 0.3) is 5.91 Å². The lowest BCUT2D eigenvalue weighted by Gasteiger charge is -2.45. The first kappa shape index (κ1) is 29.1. The number of likely N-dealkylation sites (tertiary alicyclic amines) is 1. The Morgan fingerprint density at radius 3 is 2.77 bits per heavy atom. The van der Waals surface area contributed by atoms with E-state index in [1.807, 2.05) is 24.1 Å². The molecule has 4 aliphatic rings. The molecule has 0 saturated carbocycles. The second-order valence-electron chi connectivity index (χ2n) is 12.4. The fourth-order valence-electron chi connectivity index (χ4n) is 7.35. The number of aromatic nitrogens is 2. The van der Waals surface area contributed by atoms with Gasteiger partial charge in [0.05, 0.1) is 23.9 Å². The van der Waals surface area contributed by atoms with E-state index in [1.165, 1.54) is 4.90 Å². The van der Waals surface area contributed by atoms with Gasteiger partial charge in [0.1, 0.15) is 18.1 Å². The molecule has 3 atom stereocenters. The Morgan fingerprint density at radius 1 is 1.21 bits per heavy atom. The van der Waals surface area contributed by atoms with Crippen LogP contribution in [0.25, 0.3) is 0 Å². The van der Waals surface area contributed by atoms with E-state index in [2.05, 4.69) is 41.6 Å². The Balaban J connectivity index is 1.35. The molecule has 0 bridgehead atoms. The number of rotatable bonds is 6. The van der Waals surface area contributed by atoms with Gasteiger partial charge in [0.2, 0.25) is 0 Å². The molecule has 2 fully saturated rings. The maximum atomic E-state index is 14.5. The van der Waals surface area contributed by atoms with Gasteiger partial charge in [-0.1, -0.05) is 24.8 Å². The molecule has 1 aromatic carbocycles. The van der Waals surface area contributed by atoms with Gasteiger partial charge in [0, 0.05) is 50.5 Å². The molecule has 11 heteroatoms. The molecule has 4 heterocycles. The van der Waals surface area contributed by atoms with E-state index in [-0.39, 0.29) is 37.3 Å². The summed E-state index contributed by atoms with van der Waals surface area (Å²) in [5, 5.41) is 9.49. The molecule has 3 unspecified atom stereocenters. The summed E-state index contributed by atoms with van der Waals surface area (Å²) in [4.78, 5) is 44.4. The zero-order chi connectivity index (χ0) is 30.3. The highest BCUT2D eigenvalue weighted by atomic mass is 19.1. The second-order valence-corrected chi connectivity index (χ2v) is 12.4. The van der Waals surface area contributed by atoms with Crippen LogP contribution >= 0.6 is 0 Å². The zero-order valence-electron chi connectivity index (χ0n) is 24.9. The Morgan fingerprint density at radius 2 is 2.02 bits per heavy atom. The summed E-state index contributed by atoms with van der Waals surface area (Å²) in [6.07, 6.45) is 4.07. The molecule has 2 aromatic rings. The number of ketones is 1. The number of fused-ring (bicyclic) bond motifs is 2. The van der Waals surface area contributed by atoms with Gasteiger partial charge in [-0.2, -0.15) is 15.2 Å². The van der Waals surface area contributed by atoms with Crippen LogP contribution < -0.4 is 14.5 Å². The van der Waals surface area contributed by atoms with Crippen molar-refractivity contribution in [3.05, 3.63) is 53.5 Å². The van der Waals surface area contributed by atoms with Crippen LogP contribution in [0.1, 0.15) is 47.3 Å². The zero-order valence-corrected chi connectivity index (χ0v) is 24.9. The van der Waals surface area contributed by atoms with Gasteiger partial charge in [-0.3, -0.25) is 9.59 Å². The van der Waals surface area contributed by atoms with Gasteiger partial charge >= 0.3 is 6.01 Å². The standard InChI is InChI=1S/C32H38FN7O3/c1-21(33)30(42)40-16-15-39(18-23(40)11-13-34)29-25-10-12-32(17-22-7-4-5-9-26(22)38(3)20-32)28(41)27(25)35-31(36-29)43-19-24-8-6-14-37(24)2/h4-5,7,9,23-24H,1,6,8,10-12,14-20H2,2-3H3. The summed E-state index contributed by atoms with van der Waals surface area (Å²) in [6, 6.07) is 10.2. The molecule has 1 spiro atoms. The normalized spacial score (nSPS) is 25.3. The van der Waals surface area contributed by atoms with Gasteiger partial charge in [-0.15, -0.1) is 0 Å². The molecule has 0 N–H and O–H groups in total. The summed E-state index contributed by atoms with van der Waals surface area (Å²) in [7, 11) is 4.11. The first-order chi connectivity index (χ1) is 20.7. The Hall–Kier alpha value is -4.04. The largest absolute Gasteiger partial charge is 0.462 e. The summed E-state index contributed by atoms with van der Waals surface area (Å²) in [6.45, 7) is 6.03. The second kappa shape index (κ2) is 11.6. The number of para-hydroxylation sites is 1. The molecule has 6 rings (SSSR count). The minimum Gasteiger partial charge on any atom is -0.462 e. The Kier molecular flexibility index (Phi) is 7.81. The van der Waals surface area contributed by atoms with E-state index < -0.39 is 23.2 Å². The number of anilines is 2. The van der Waals surface area contributed by atoms with Crippen molar-refractivity contribution in [3.63, 3.8) is 0 Å². The minimum atomic E-state index is -1.04. The number of carbonyl (C=O) groups excluding carboxylic acids is 2. The van der Waals surface area contributed by atoms with Gasteiger partial charge in [0.15, 0.2) is 11.6 Å². The molecule has 2 saturated heterocycles. The number of benzene rings is 1. The summed E-state index contributed by atoms with van der Waals surface area (Å²) < 4.78 is 20.0. The molecule has 43 heavy (non-hydrogen) atoms. The number of ether oxygens (including phenoxy) is 1. The molecule has 1 amide bonds. The number of halogens is 1. The third kappa shape index (κ3) is 5.33. The molecule has 226 valence electrons. The fraction of sp³-hybridized carbons (Fsp3) is 0.531. The minimum absolute atomic E-state index is 0.00213. The summed E-state index contributed by atoms with van der Waals surface area (Å²) in [5.41, 5.74) is 2.85. The number of carbonyl (C=O) groups is 2. The van der Waals surface area contributed by atoms with E-state index in [0.29, 0.717) is 50.5 Å². The number of nitriles is 1. The van der Waals surface area contributed by atoms with Crippen LogP contribution in [0.4, 0.5) is 15.9 Å². The predicted octanol–water partition coefficient (Wildman–Crippen LogP) is 3.17. The number of piperazine rings is 1. The lowest BCUT2D eigenvalue weighted by molar-refractivity contribution is -0.131. The fourth-order valence-corrected chi connectivity index (χ4v) is 7.35. The molecule has 1 aliphatic carbocycles. The van der Waals surface area contributed by atoms with Crippen LogP contribution in [0.15, 0.2) is 36.7 Å². The number of hydrogen-bond donors (Lipinski definition) is 0. The van der Waals surface area contributed by atoms with Crippen LogP contribution in [0, 0.1) is 16.7 Å². The van der Waals surface area contributed by atoms with Crippen LogP contribution in [-0.4, -0.2) is 97.0 Å². The van der Waals surface area contributed by atoms with Crippen LogP contribution in [0.5, 0.6) is 6.01 Å². The average Bonchev–Trinajstić information content (AvgIpc) is 3.42. The monoisotopic (exact) mass is 587 g/mol. The number of nitrogens with zero attached hydrogens (tertiary/aromatic N) is 7. The molecular formula is C32H38FN7O3. The molecule has 0 radical (unpaired) electrons. The molecule has 10 nitrogen and oxygen atoms in total. The van der Waals surface area contributed by atoms with Crippen LogP contribution in [0.2, 0.25) is 0 Å². The van der Waals surface area contributed by atoms with Crippen molar-refractivity contribution in [3.8, 4) is 12.1 Å². The Labute approximate surface area is 251 Å². The average molecular weight is 588 g/mol. The van der Waals surface area contributed by atoms with E-state index in [1.54, 1.807) is 0 Å². The molecular weight excluding hydrogens is 549 g/mol. The number of Topliss-reactive ketones (excluding diaryl/α,β-unsaturated/α-hetero) is 1. The highest BCUT2D eigenvalue weighted by Gasteiger charge is 2.48. The van der Waals surface area contributed by atoms with Crippen molar-refractivity contribution in [2.45, 2.75) is 50.6 Å². The molecule has 3 aliphatic heterocycles. The number of amides is 1. The van der Waals surface area contributed by atoms with Gasteiger partial charge < -0.3 is 24.3 Å². The van der Waals surface area contributed by atoms with Crippen LogP contribution in [-0.2, 0) is 17.6 Å². The summed E-state index contributed by atoms with van der Waals surface area (Å²) in [5.74, 6) is -1.24. The van der Waals surface area contributed by atoms with E-state index in [0.717, 1.165) is 36.2 Å².